The minimum absolute atomic E-state index is 0.238. The number of nitrogens with zero attached hydrogens (tertiary/aromatic N) is 2. The Bertz CT molecular complexity index is 945. The van der Waals surface area contributed by atoms with Gasteiger partial charge in [0.05, 0.1) is 24.9 Å². The molecular formula is C22H27N3O7. The van der Waals surface area contributed by atoms with Crippen molar-refractivity contribution in [3.63, 3.8) is 0 Å². The van der Waals surface area contributed by atoms with E-state index in [0.717, 1.165) is 4.90 Å². The fourth-order valence-corrected chi connectivity index (χ4v) is 2.74. The van der Waals surface area contributed by atoms with Crippen LogP contribution in [0.1, 0.15) is 48.4 Å². The maximum Gasteiger partial charge on any atom is 0.415 e. The van der Waals surface area contributed by atoms with Gasteiger partial charge in [0, 0.05) is 11.8 Å². The van der Waals surface area contributed by atoms with Gasteiger partial charge in [-0.05, 0) is 58.0 Å². The van der Waals surface area contributed by atoms with Crippen LogP contribution in [0, 0.1) is 0 Å². The highest BCUT2D eigenvalue weighted by molar-refractivity contribution is 5.96. The van der Waals surface area contributed by atoms with E-state index in [9.17, 15) is 24.3 Å². The maximum atomic E-state index is 12.7. The average molecular weight is 445 g/mol. The van der Waals surface area contributed by atoms with Gasteiger partial charge >= 0.3 is 18.0 Å². The van der Waals surface area contributed by atoms with Crippen molar-refractivity contribution in [1.82, 2.24) is 15.3 Å². The number of carbonyl (C=O) groups excluding carboxylic acids is 3. The van der Waals surface area contributed by atoms with Gasteiger partial charge in [0.1, 0.15) is 11.6 Å². The van der Waals surface area contributed by atoms with E-state index >= 15 is 0 Å². The highest BCUT2D eigenvalue weighted by Gasteiger charge is 2.32. The van der Waals surface area contributed by atoms with Gasteiger partial charge in [0.2, 0.25) is 0 Å². The predicted molar refractivity (Wildman–Crippen MR) is 114 cm³/mol. The Morgan fingerprint density at radius 3 is 2.25 bits per heavy atom. The minimum atomic E-state index is -1.21. The molecule has 2 rings (SSSR count). The number of hydrogen-bond donors (Lipinski definition) is 2. The van der Waals surface area contributed by atoms with Crippen molar-refractivity contribution >= 4 is 23.9 Å². The lowest BCUT2D eigenvalue weighted by Gasteiger charge is -2.33. The summed E-state index contributed by atoms with van der Waals surface area (Å²) in [7, 11) is 1.27. The minimum Gasteiger partial charge on any atom is -0.480 e. The van der Waals surface area contributed by atoms with Crippen LogP contribution < -0.4 is 5.43 Å². The molecule has 1 aliphatic heterocycles. The van der Waals surface area contributed by atoms with Gasteiger partial charge in [-0.3, -0.25) is 20.1 Å². The molecule has 0 fully saturated rings. The Labute approximate surface area is 186 Å². The van der Waals surface area contributed by atoms with E-state index in [-0.39, 0.29) is 5.70 Å². The van der Waals surface area contributed by atoms with Crippen LogP contribution in [-0.2, 0) is 14.3 Å². The molecule has 0 radical (unpaired) electrons. The fourth-order valence-electron chi connectivity index (χ4n) is 2.74. The number of rotatable bonds is 6. The van der Waals surface area contributed by atoms with Crippen LogP contribution in [0.2, 0.25) is 0 Å². The summed E-state index contributed by atoms with van der Waals surface area (Å²) in [6.07, 6.45) is 3.87. The maximum absolute atomic E-state index is 12.7. The number of hydrogen-bond acceptors (Lipinski definition) is 7. The summed E-state index contributed by atoms with van der Waals surface area (Å²) in [6, 6.07) is 4.69. The van der Waals surface area contributed by atoms with Crippen molar-refractivity contribution in [2.75, 3.05) is 13.7 Å². The van der Waals surface area contributed by atoms with Crippen molar-refractivity contribution in [2.45, 2.75) is 39.3 Å². The standard InChI is InChI=1S/C22H27N3O7/c1-14(19(27)28)25(21(30)32-22(2,3)4)17-7-6-12-24(13-17)23-18(26)15-8-10-16(11-9-15)20(29)31-5/h6-11,13-14H,12H2,1-5H3,(H,23,26)(H,27,28)/t14-/m0/s1. The van der Waals surface area contributed by atoms with E-state index in [0.29, 0.717) is 17.7 Å². The van der Waals surface area contributed by atoms with Gasteiger partial charge in [0.25, 0.3) is 5.91 Å². The number of carboxylic acid groups (broad SMARTS) is 1. The molecule has 32 heavy (non-hydrogen) atoms. The van der Waals surface area contributed by atoms with E-state index in [1.165, 1.54) is 49.5 Å². The highest BCUT2D eigenvalue weighted by atomic mass is 16.6. The van der Waals surface area contributed by atoms with E-state index in [1.807, 2.05) is 0 Å². The summed E-state index contributed by atoms with van der Waals surface area (Å²) in [5.74, 6) is -2.18. The second-order valence-electron chi connectivity index (χ2n) is 7.98. The molecule has 1 atom stereocenters. The number of esters is 1. The Morgan fingerprint density at radius 1 is 1.12 bits per heavy atom. The number of benzene rings is 1. The molecule has 2 amide bonds. The third-order valence-electron chi connectivity index (χ3n) is 4.31. The number of hydrazine groups is 1. The molecule has 2 N–H and O–H groups in total. The molecule has 10 heteroatoms. The zero-order valence-corrected chi connectivity index (χ0v) is 18.6. The number of methoxy groups -OCH3 is 1. The number of carbonyl (C=O) groups is 4. The second kappa shape index (κ2) is 9.99. The predicted octanol–water partition coefficient (Wildman–Crippen LogP) is 2.54. The zero-order valence-electron chi connectivity index (χ0n) is 18.6. The first-order chi connectivity index (χ1) is 14.9. The van der Waals surface area contributed by atoms with Crippen molar-refractivity contribution in [3.8, 4) is 0 Å². The van der Waals surface area contributed by atoms with Gasteiger partial charge in [-0.15, -0.1) is 0 Å². The lowest BCUT2D eigenvalue weighted by molar-refractivity contribution is -0.141. The average Bonchev–Trinajstić information content (AvgIpc) is 2.72. The van der Waals surface area contributed by atoms with Crippen LogP contribution in [0.5, 0.6) is 0 Å². The van der Waals surface area contributed by atoms with Crippen LogP contribution in [-0.4, -0.2) is 64.3 Å². The van der Waals surface area contributed by atoms with Gasteiger partial charge in [-0.2, -0.15) is 0 Å². The summed E-state index contributed by atoms with van der Waals surface area (Å²) in [6.45, 7) is 6.69. The lowest BCUT2D eigenvalue weighted by Crippen LogP contribution is -2.47. The summed E-state index contributed by atoms with van der Waals surface area (Å²) in [5.41, 5.74) is 2.68. The number of nitrogens with one attached hydrogen (secondary N) is 1. The Morgan fingerprint density at radius 2 is 1.72 bits per heavy atom. The molecule has 1 aliphatic rings. The zero-order chi connectivity index (χ0) is 24.1. The molecule has 1 aromatic carbocycles. The molecule has 10 nitrogen and oxygen atoms in total. The van der Waals surface area contributed by atoms with E-state index in [1.54, 1.807) is 32.9 Å². The van der Waals surface area contributed by atoms with E-state index < -0.39 is 35.6 Å². The molecule has 0 saturated carbocycles. The SMILES string of the molecule is COC(=O)c1ccc(C(=O)NN2C=C(N(C(=O)OC(C)(C)C)[C@@H](C)C(=O)O)C=CC2)cc1. The molecule has 1 heterocycles. The summed E-state index contributed by atoms with van der Waals surface area (Å²) in [4.78, 5) is 49.4. The Hall–Kier alpha value is -3.82. The number of aliphatic carboxylic acids is 1. The molecule has 0 aromatic heterocycles. The van der Waals surface area contributed by atoms with E-state index in [4.69, 9.17) is 4.74 Å². The van der Waals surface area contributed by atoms with Crippen molar-refractivity contribution in [2.24, 2.45) is 0 Å². The summed E-state index contributed by atoms with van der Waals surface area (Å²) < 4.78 is 9.99. The van der Waals surface area contributed by atoms with Gasteiger partial charge in [0.15, 0.2) is 0 Å². The van der Waals surface area contributed by atoms with Crippen molar-refractivity contribution in [3.05, 3.63) is 59.4 Å². The summed E-state index contributed by atoms with van der Waals surface area (Å²) >= 11 is 0. The molecule has 1 aromatic rings. The Balaban J connectivity index is 2.21. The van der Waals surface area contributed by atoms with Gasteiger partial charge in [-0.25, -0.2) is 14.4 Å². The smallest absolute Gasteiger partial charge is 0.415 e. The highest BCUT2D eigenvalue weighted by Crippen LogP contribution is 2.20. The topological polar surface area (TPSA) is 125 Å². The molecule has 0 saturated heterocycles. The largest absolute Gasteiger partial charge is 0.480 e. The first-order valence-corrected chi connectivity index (χ1v) is 9.82. The quantitative estimate of drug-likeness (QED) is 0.640. The first kappa shape index (κ1) is 24.4. The monoisotopic (exact) mass is 445 g/mol. The first-order valence-electron chi connectivity index (χ1n) is 9.82. The molecule has 0 aliphatic carbocycles. The molecule has 0 spiro atoms. The molecule has 0 bridgehead atoms. The van der Waals surface area contributed by atoms with Gasteiger partial charge < -0.3 is 14.6 Å². The fraction of sp³-hybridized carbons (Fsp3) is 0.364. The van der Waals surface area contributed by atoms with Crippen LogP contribution in [0.3, 0.4) is 0 Å². The normalized spacial score (nSPS) is 14.2. The van der Waals surface area contributed by atoms with Crippen LogP contribution in [0.4, 0.5) is 4.79 Å². The van der Waals surface area contributed by atoms with Crippen molar-refractivity contribution in [1.29, 1.82) is 0 Å². The third kappa shape index (κ3) is 6.34. The molecule has 172 valence electrons. The Kier molecular flexibility index (Phi) is 7.63. The van der Waals surface area contributed by atoms with Gasteiger partial charge in [-0.1, -0.05) is 6.08 Å². The van der Waals surface area contributed by atoms with E-state index in [2.05, 4.69) is 10.2 Å². The number of amides is 2. The van der Waals surface area contributed by atoms with Crippen LogP contribution >= 0.6 is 0 Å². The molecule has 0 unspecified atom stereocenters. The van der Waals surface area contributed by atoms with Crippen LogP contribution in [0.25, 0.3) is 0 Å². The number of carboxylic acids is 1. The summed E-state index contributed by atoms with van der Waals surface area (Å²) in [5, 5.41) is 10.9. The second-order valence-corrected chi connectivity index (χ2v) is 7.98. The number of allylic oxidation sites excluding steroid dienone is 1. The molecular weight excluding hydrogens is 418 g/mol. The number of ether oxygens (including phenoxy) is 2. The van der Waals surface area contributed by atoms with Crippen molar-refractivity contribution < 1.29 is 33.8 Å². The lowest BCUT2D eigenvalue weighted by atomic mass is 10.1. The third-order valence-corrected chi connectivity index (χ3v) is 4.31. The van der Waals surface area contributed by atoms with Crippen LogP contribution in [0.15, 0.2) is 48.3 Å².